The maximum Gasteiger partial charge on any atom is 0.254 e. The van der Waals surface area contributed by atoms with Crippen LogP contribution in [0.5, 0.6) is 0 Å². The SMILES string of the molecule is CC.CC(=O)C(NC(=O)c1cccc(C2CCCN(C(=O)CNCc3ccc(F)cc3F)C2)c1F)C1CCCCC1. The van der Waals surface area contributed by atoms with Crippen LogP contribution in [0.4, 0.5) is 13.2 Å². The van der Waals surface area contributed by atoms with Gasteiger partial charge in [0.15, 0.2) is 5.78 Å². The number of hydrogen-bond acceptors (Lipinski definition) is 4. The van der Waals surface area contributed by atoms with Crippen LogP contribution in [0.3, 0.4) is 0 Å². The first-order valence-electron chi connectivity index (χ1n) is 14.8. The molecule has 1 aliphatic carbocycles. The largest absolute Gasteiger partial charge is 0.342 e. The predicted molar refractivity (Wildman–Crippen MR) is 153 cm³/mol. The number of rotatable bonds is 9. The molecule has 41 heavy (non-hydrogen) atoms. The summed E-state index contributed by atoms with van der Waals surface area (Å²) in [6, 6.07) is 7.37. The maximum absolute atomic E-state index is 15.7. The van der Waals surface area contributed by atoms with Crippen LogP contribution in [0, 0.1) is 23.4 Å². The van der Waals surface area contributed by atoms with Crippen molar-refractivity contribution in [1.29, 1.82) is 0 Å². The van der Waals surface area contributed by atoms with Gasteiger partial charge in [-0.15, -0.1) is 0 Å². The number of benzene rings is 2. The number of nitrogens with zero attached hydrogens (tertiary/aromatic N) is 1. The molecule has 1 saturated heterocycles. The van der Waals surface area contributed by atoms with E-state index in [1.54, 1.807) is 17.0 Å². The van der Waals surface area contributed by atoms with Crippen LogP contribution in [-0.4, -0.2) is 48.2 Å². The minimum atomic E-state index is -0.680. The fourth-order valence-electron chi connectivity index (χ4n) is 5.82. The average molecular weight is 574 g/mol. The molecule has 9 heteroatoms. The van der Waals surface area contributed by atoms with Crippen LogP contribution in [0.25, 0.3) is 0 Å². The fourth-order valence-corrected chi connectivity index (χ4v) is 5.82. The zero-order valence-corrected chi connectivity index (χ0v) is 24.3. The third-order valence-corrected chi connectivity index (χ3v) is 7.94. The molecule has 1 aliphatic heterocycles. The molecule has 2 aliphatic rings. The number of ketones is 1. The molecule has 0 spiro atoms. The van der Waals surface area contributed by atoms with Crippen molar-refractivity contribution < 1.29 is 27.6 Å². The van der Waals surface area contributed by atoms with E-state index in [0.29, 0.717) is 31.5 Å². The smallest absolute Gasteiger partial charge is 0.254 e. The van der Waals surface area contributed by atoms with Gasteiger partial charge in [-0.05, 0) is 56.2 Å². The molecule has 2 aromatic rings. The van der Waals surface area contributed by atoms with Crippen LogP contribution in [0.1, 0.15) is 93.1 Å². The molecule has 2 fully saturated rings. The Balaban J connectivity index is 0.00000226. The van der Waals surface area contributed by atoms with Crippen LogP contribution in [0.15, 0.2) is 36.4 Å². The van der Waals surface area contributed by atoms with Gasteiger partial charge in [-0.1, -0.05) is 51.3 Å². The number of hydrogen-bond donors (Lipinski definition) is 2. The second kappa shape index (κ2) is 15.7. The lowest BCUT2D eigenvalue weighted by Gasteiger charge is -2.33. The molecule has 2 unspecified atom stereocenters. The van der Waals surface area contributed by atoms with E-state index >= 15 is 4.39 Å². The van der Waals surface area contributed by atoms with Crippen molar-refractivity contribution in [2.75, 3.05) is 19.6 Å². The van der Waals surface area contributed by atoms with E-state index < -0.39 is 29.4 Å². The molecule has 0 aromatic heterocycles. The Morgan fingerprint density at radius 3 is 2.39 bits per heavy atom. The Bertz CT molecular complexity index is 1200. The molecule has 1 saturated carbocycles. The molecule has 2 N–H and O–H groups in total. The molecular weight excluding hydrogens is 531 g/mol. The number of likely N-dealkylation sites (tertiary alicyclic amines) is 1. The van der Waals surface area contributed by atoms with Crippen molar-refractivity contribution in [3.63, 3.8) is 0 Å². The summed E-state index contributed by atoms with van der Waals surface area (Å²) >= 11 is 0. The van der Waals surface area contributed by atoms with Crippen molar-refractivity contribution in [3.05, 3.63) is 70.5 Å². The summed E-state index contributed by atoms with van der Waals surface area (Å²) in [4.78, 5) is 39.9. The molecule has 6 nitrogen and oxygen atoms in total. The van der Waals surface area contributed by atoms with Crippen LogP contribution < -0.4 is 10.6 Å². The third-order valence-electron chi connectivity index (χ3n) is 7.94. The zero-order valence-electron chi connectivity index (χ0n) is 24.3. The van der Waals surface area contributed by atoms with Crippen molar-refractivity contribution in [3.8, 4) is 0 Å². The Morgan fingerprint density at radius 1 is 0.976 bits per heavy atom. The lowest BCUT2D eigenvalue weighted by molar-refractivity contribution is -0.131. The highest BCUT2D eigenvalue weighted by atomic mass is 19.1. The lowest BCUT2D eigenvalue weighted by Crippen LogP contribution is -2.46. The number of halogens is 3. The van der Waals surface area contributed by atoms with Crippen molar-refractivity contribution in [2.45, 2.75) is 84.2 Å². The average Bonchev–Trinajstić information content (AvgIpc) is 2.98. The number of piperidine rings is 1. The summed E-state index contributed by atoms with van der Waals surface area (Å²) < 4.78 is 42.6. The molecule has 0 bridgehead atoms. The highest BCUT2D eigenvalue weighted by molar-refractivity contribution is 5.98. The first kappa shape index (κ1) is 32.3. The van der Waals surface area contributed by atoms with E-state index in [4.69, 9.17) is 0 Å². The van der Waals surface area contributed by atoms with Crippen LogP contribution in [-0.2, 0) is 16.1 Å². The van der Waals surface area contributed by atoms with Gasteiger partial charge in [0.1, 0.15) is 17.5 Å². The molecule has 2 aromatic carbocycles. The topological polar surface area (TPSA) is 78.5 Å². The normalized spacial score (nSPS) is 18.2. The standard InChI is InChI=1S/C30H36F3N3O3.C2H6/c1-19(37)29(20-7-3-2-4-8-20)35-30(39)25-11-5-10-24(28(25)33)22-9-6-14-36(18-22)27(38)17-34-16-21-12-13-23(31)15-26(21)32;1-2/h5,10-13,15,20,22,29,34H,2-4,6-9,14,16-18H2,1H3,(H,35,39);1-2H3. The molecule has 224 valence electrons. The van der Waals surface area contributed by atoms with Gasteiger partial charge in [-0.25, -0.2) is 13.2 Å². The first-order chi connectivity index (χ1) is 19.7. The van der Waals surface area contributed by atoms with E-state index in [0.717, 1.165) is 44.2 Å². The maximum atomic E-state index is 15.7. The summed E-state index contributed by atoms with van der Waals surface area (Å²) in [5.41, 5.74) is 0.535. The minimum absolute atomic E-state index is 0.0396. The Labute approximate surface area is 241 Å². The molecule has 1 heterocycles. The second-order valence-corrected chi connectivity index (χ2v) is 10.7. The molecule has 4 rings (SSSR count). The number of Topliss-reactive ketones (excluding diaryl/α,β-unsaturated/α-hetero) is 1. The molecule has 2 amide bonds. The zero-order chi connectivity index (χ0) is 29.9. The summed E-state index contributed by atoms with van der Waals surface area (Å²) in [6.45, 7) is 6.31. The van der Waals surface area contributed by atoms with Gasteiger partial charge < -0.3 is 15.5 Å². The predicted octanol–water partition coefficient (Wildman–Crippen LogP) is 5.89. The van der Waals surface area contributed by atoms with Gasteiger partial charge in [0, 0.05) is 37.2 Å². The van der Waals surface area contributed by atoms with E-state index in [2.05, 4.69) is 10.6 Å². The lowest BCUT2D eigenvalue weighted by atomic mass is 9.82. The monoisotopic (exact) mass is 573 g/mol. The third kappa shape index (κ3) is 8.64. The molecule has 2 atom stereocenters. The van der Waals surface area contributed by atoms with E-state index in [-0.39, 0.29) is 47.7 Å². The van der Waals surface area contributed by atoms with E-state index in [1.807, 2.05) is 13.8 Å². The van der Waals surface area contributed by atoms with E-state index in [9.17, 15) is 23.2 Å². The molecular formula is C32H42F3N3O3. The quantitative estimate of drug-likeness (QED) is 0.392. The number of carbonyl (C=O) groups excluding carboxylic acids is 3. The van der Waals surface area contributed by atoms with Gasteiger partial charge in [-0.3, -0.25) is 14.4 Å². The van der Waals surface area contributed by atoms with Gasteiger partial charge >= 0.3 is 0 Å². The first-order valence-corrected chi connectivity index (χ1v) is 14.8. The summed E-state index contributed by atoms with van der Waals surface area (Å²) in [5.74, 6) is -3.10. The van der Waals surface area contributed by atoms with Crippen LogP contribution >= 0.6 is 0 Å². The van der Waals surface area contributed by atoms with Gasteiger partial charge in [-0.2, -0.15) is 0 Å². The van der Waals surface area contributed by atoms with Crippen LogP contribution in [0.2, 0.25) is 0 Å². The summed E-state index contributed by atoms with van der Waals surface area (Å²) in [5, 5.41) is 5.69. The Kier molecular flexibility index (Phi) is 12.4. The van der Waals surface area contributed by atoms with Gasteiger partial charge in [0.05, 0.1) is 18.2 Å². The highest BCUT2D eigenvalue weighted by Gasteiger charge is 2.31. The van der Waals surface area contributed by atoms with Gasteiger partial charge in [0.2, 0.25) is 5.91 Å². The van der Waals surface area contributed by atoms with Crippen molar-refractivity contribution in [1.82, 2.24) is 15.5 Å². The van der Waals surface area contributed by atoms with Gasteiger partial charge in [0.25, 0.3) is 5.91 Å². The summed E-state index contributed by atoms with van der Waals surface area (Å²) in [6.07, 6.45) is 6.23. The number of amides is 2. The Hall–Kier alpha value is -3.20. The number of nitrogens with one attached hydrogen (secondary N) is 2. The molecule has 0 radical (unpaired) electrons. The van der Waals surface area contributed by atoms with Crippen molar-refractivity contribution >= 4 is 17.6 Å². The number of carbonyl (C=O) groups is 3. The summed E-state index contributed by atoms with van der Waals surface area (Å²) in [7, 11) is 0. The van der Waals surface area contributed by atoms with Crippen molar-refractivity contribution in [2.24, 2.45) is 5.92 Å². The highest BCUT2D eigenvalue weighted by Crippen LogP contribution is 2.31. The minimum Gasteiger partial charge on any atom is -0.342 e. The Morgan fingerprint density at radius 2 is 1.71 bits per heavy atom. The van der Waals surface area contributed by atoms with E-state index in [1.165, 1.54) is 19.1 Å². The second-order valence-electron chi connectivity index (χ2n) is 10.7. The fraction of sp³-hybridized carbons (Fsp3) is 0.531.